The van der Waals surface area contributed by atoms with Crippen LogP contribution in [0.4, 0.5) is 23.2 Å². The van der Waals surface area contributed by atoms with Gasteiger partial charge < -0.3 is 15.7 Å². The molecule has 0 aromatic carbocycles. The van der Waals surface area contributed by atoms with E-state index in [0.717, 1.165) is 6.20 Å². The molecule has 0 aliphatic rings. The fourth-order valence-electron chi connectivity index (χ4n) is 2.69. The van der Waals surface area contributed by atoms with E-state index in [4.69, 9.17) is 11.6 Å². The summed E-state index contributed by atoms with van der Waals surface area (Å²) < 4.78 is 53.7. The molecule has 3 heterocycles. The number of pyridine rings is 1. The predicted molar refractivity (Wildman–Crippen MR) is 109 cm³/mol. The second-order valence-corrected chi connectivity index (χ2v) is 7.95. The summed E-state index contributed by atoms with van der Waals surface area (Å²) >= 11 is 5.88. The van der Waals surface area contributed by atoms with E-state index in [-0.39, 0.29) is 16.9 Å². The Hall–Kier alpha value is -2.99. The molecule has 0 unspecified atom stereocenters. The zero-order chi connectivity index (χ0) is 23.7. The Bertz CT molecular complexity index is 1130. The van der Waals surface area contributed by atoms with Gasteiger partial charge in [-0.3, -0.25) is 9.78 Å². The summed E-state index contributed by atoms with van der Waals surface area (Å²) in [4.78, 5) is 20.8. The second kappa shape index (κ2) is 8.87. The Morgan fingerprint density at radius 2 is 1.97 bits per heavy atom. The Labute approximate surface area is 184 Å². The average Bonchev–Trinajstić information content (AvgIpc) is 3.11. The molecule has 0 radical (unpaired) electrons. The molecule has 0 aliphatic heterocycles. The standard InChI is InChI=1S/C19H19ClF4N6O2/c1-18(2,32)15(21)7-27-17(31)12-5-25-13(3-14(12)28-9-19(22,23)24)11-6-29-30-8-10(20)4-26-16(11)30/h3-6,8,15,32H,7,9H2,1-2H3,(H,25,28)(H,27,31)/t15-/m1/s1. The molecule has 8 nitrogen and oxygen atoms in total. The predicted octanol–water partition coefficient (Wildman–Crippen LogP) is 3.26. The van der Waals surface area contributed by atoms with Crippen LogP contribution in [0.15, 0.2) is 30.9 Å². The molecule has 3 N–H and O–H groups in total. The molecule has 3 aromatic heterocycles. The number of hydrogen-bond donors (Lipinski definition) is 3. The number of alkyl halides is 4. The van der Waals surface area contributed by atoms with Crippen LogP contribution in [0.1, 0.15) is 24.2 Å². The number of amides is 1. The van der Waals surface area contributed by atoms with Crippen LogP contribution in [-0.4, -0.2) is 61.6 Å². The molecule has 172 valence electrons. The monoisotopic (exact) mass is 474 g/mol. The van der Waals surface area contributed by atoms with Gasteiger partial charge >= 0.3 is 6.18 Å². The lowest BCUT2D eigenvalue weighted by atomic mass is 10.0. The smallest absolute Gasteiger partial charge is 0.387 e. The summed E-state index contributed by atoms with van der Waals surface area (Å²) in [5, 5.41) is 18.5. The summed E-state index contributed by atoms with van der Waals surface area (Å²) in [6.07, 6.45) is -0.991. The lowest BCUT2D eigenvalue weighted by Crippen LogP contribution is -2.42. The first-order valence-corrected chi connectivity index (χ1v) is 9.67. The molecule has 0 bridgehead atoms. The zero-order valence-corrected chi connectivity index (χ0v) is 17.7. The van der Waals surface area contributed by atoms with E-state index in [1.165, 1.54) is 43.0 Å². The van der Waals surface area contributed by atoms with Crippen molar-refractivity contribution in [2.75, 3.05) is 18.4 Å². The summed E-state index contributed by atoms with van der Waals surface area (Å²) in [6, 6.07) is 1.25. The fraction of sp³-hybridized carbons (Fsp3) is 0.368. The molecule has 1 amide bonds. The van der Waals surface area contributed by atoms with E-state index in [1.54, 1.807) is 0 Å². The minimum absolute atomic E-state index is 0.170. The van der Waals surface area contributed by atoms with Crippen molar-refractivity contribution in [2.24, 2.45) is 0 Å². The van der Waals surface area contributed by atoms with Crippen molar-refractivity contribution in [1.29, 1.82) is 0 Å². The van der Waals surface area contributed by atoms with E-state index in [9.17, 15) is 27.5 Å². The number of carbonyl (C=O) groups is 1. The maximum atomic E-state index is 13.9. The van der Waals surface area contributed by atoms with Gasteiger partial charge in [-0.2, -0.15) is 18.3 Å². The third kappa shape index (κ3) is 5.62. The van der Waals surface area contributed by atoms with Crippen molar-refractivity contribution in [2.45, 2.75) is 31.8 Å². The van der Waals surface area contributed by atoms with E-state index < -0.39 is 36.9 Å². The molecular formula is C19H19ClF4N6O2. The van der Waals surface area contributed by atoms with Gasteiger partial charge in [-0.25, -0.2) is 13.9 Å². The quantitative estimate of drug-likeness (QED) is 0.454. The molecule has 0 saturated heterocycles. The molecule has 3 rings (SSSR count). The molecule has 32 heavy (non-hydrogen) atoms. The zero-order valence-electron chi connectivity index (χ0n) is 16.9. The second-order valence-electron chi connectivity index (χ2n) is 7.51. The minimum atomic E-state index is -4.55. The summed E-state index contributed by atoms with van der Waals surface area (Å²) in [6.45, 7) is 0.512. The van der Waals surface area contributed by atoms with Gasteiger partial charge in [0.05, 0.1) is 52.1 Å². The molecule has 0 aliphatic carbocycles. The van der Waals surface area contributed by atoms with Gasteiger partial charge in [0.15, 0.2) is 5.65 Å². The van der Waals surface area contributed by atoms with E-state index >= 15 is 0 Å². The summed E-state index contributed by atoms with van der Waals surface area (Å²) in [7, 11) is 0. The number of aromatic nitrogens is 4. The van der Waals surface area contributed by atoms with Crippen molar-refractivity contribution in [3.8, 4) is 11.3 Å². The first-order chi connectivity index (χ1) is 14.8. The Morgan fingerprint density at radius 1 is 1.25 bits per heavy atom. The number of hydrogen-bond acceptors (Lipinski definition) is 6. The Balaban J connectivity index is 1.94. The third-order valence-electron chi connectivity index (χ3n) is 4.44. The van der Waals surface area contributed by atoms with Gasteiger partial charge in [-0.15, -0.1) is 0 Å². The molecule has 3 aromatic rings. The highest BCUT2D eigenvalue weighted by molar-refractivity contribution is 6.30. The van der Waals surface area contributed by atoms with Gasteiger partial charge in [0.1, 0.15) is 12.7 Å². The largest absolute Gasteiger partial charge is 0.405 e. The number of aliphatic hydroxyl groups is 1. The normalized spacial score (nSPS) is 13.2. The van der Waals surface area contributed by atoms with Crippen molar-refractivity contribution < 1.29 is 27.5 Å². The van der Waals surface area contributed by atoms with E-state index in [1.807, 2.05) is 0 Å². The summed E-state index contributed by atoms with van der Waals surface area (Å²) in [5.41, 5.74) is -1.14. The Morgan fingerprint density at radius 3 is 2.62 bits per heavy atom. The van der Waals surface area contributed by atoms with Crippen molar-refractivity contribution in [1.82, 2.24) is 24.9 Å². The van der Waals surface area contributed by atoms with Crippen LogP contribution in [0.25, 0.3) is 16.9 Å². The highest BCUT2D eigenvalue weighted by Gasteiger charge is 2.29. The number of anilines is 1. The van der Waals surface area contributed by atoms with Crippen molar-refractivity contribution in [3.63, 3.8) is 0 Å². The summed E-state index contributed by atoms with van der Waals surface area (Å²) in [5.74, 6) is -0.856. The number of nitrogens with one attached hydrogen (secondary N) is 2. The molecule has 0 saturated carbocycles. The fourth-order valence-corrected chi connectivity index (χ4v) is 2.83. The van der Waals surface area contributed by atoms with Gasteiger partial charge in [0, 0.05) is 12.4 Å². The molecule has 0 fully saturated rings. The third-order valence-corrected chi connectivity index (χ3v) is 4.63. The number of rotatable bonds is 7. The number of halogens is 5. The molecule has 0 spiro atoms. The van der Waals surface area contributed by atoms with Crippen LogP contribution in [0.3, 0.4) is 0 Å². The highest BCUT2D eigenvalue weighted by atomic mass is 35.5. The first-order valence-electron chi connectivity index (χ1n) is 9.30. The molecule has 1 atom stereocenters. The van der Waals surface area contributed by atoms with Crippen LogP contribution < -0.4 is 10.6 Å². The highest BCUT2D eigenvalue weighted by Crippen LogP contribution is 2.27. The van der Waals surface area contributed by atoms with Gasteiger partial charge in [-0.1, -0.05) is 11.6 Å². The maximum Gasteiger partial charge on any atom is 0.405 e. The minimum Gasteiger partial charge on any atom is -0.387 e. The van der Waals surface area contributed by atoms with Crippen molar-refractivity contribution in [3.05, 3.63) is 41.4 Å². The van der Waals surface area contributed by atoms with E-state index in [0.29, 0.717) is 16.2 Å². The van der Waals surface area contributed by atoms with Crippen LogP contribution in [0.5, 0.6) is 0 Å². The van der Waals surface area contributed by atoms with Crippen LogP contribution >= 0.6 is 11.6 Å². The maximum absolute atomic E-state index is 13.9. The Kier molecular flexibility index (Phi) is 6.56. The lowest BCUT2D eigenvalue weighted by Gasteiger charge is -2.22. The SMILES string of the molecule is CC(C)(O)[C@H](F)CNC(=O)c1cnc(-c2cnn3cc(Cl)cnc23)cc1NCC(F)(F)F. The first kappa shape index (κ1) is 23.7. The van der Waals surface area contributed by atoms with E-state index in [2.05, 4.69) is 25.7 Å². The number of fused-ring (bicyclic) bond motifs is 1. The topological polar surface area (TPSA) is 104 Å². The van der Waals surface area contributed by atoms with Crippen LogP contribution in [0.2, 0.25) is 5.02 Å². The number of nitrogens with zero attached hydrogens (tertiary/aromatic N) is 4. The lowest BCUT2D eigenvalue weighted by molar-refractivity contribution is -0.115. The van der Waals surface area contributed by atoms with Gasteiger partial charge in [0.2, 0.25) is 0 Å². The van der Waals surface area contributed by atoms with Gasteiger partial charge in [-0.05, 0) is 19.9 Å². The van der Waals surface area contributed by atoms with Crippen molar-refractivity contribution >= 4 is 28.8 Å². The van der Waals surface area contributed by atoms with Crippen LogP contribution in [0, 0.1) is 0 Å². The molecular weight excluding hydrogens is 456 g/mol. The average molecular weight is 475 g/mol. The van der Waals surface area contributed by atoms with Gasteiger partial charge in [0.25, 0.3) is 5.91 Å². The molecule has 13 heteroatoms. The van der Waals surface area contributed by atoms with Crippen LogP contribution in [-0.2, 0) is 0 Å². The number of carbonyl (C=O) groups excluding carboxylic acids is 1.